The Morgan fingerprint density at radius 1 is 1.15 bits per heavy atom. The van der Waals surface area contributed by atoms with Crippen LogP contribution in [-0.4, -0.2) is 22.1 Å². The molecule has 0 radical (unpaired) electrons. The molecule has 0 aliphatic rings. The van der Waals surface area contributed by atoms with Gasteiger partial charge in [-0.15, -0.1) is 0 Å². The standard InChI is InChI=1S/C14H12N4O2/c1-20-9-2-4-12(16-8-9)18-13-5-3-10-11(17-13)6-7-15-14(10)19/h2-8H,1H3,(H,15,19)(H,16,17,18). The second-order valence-electron chi connectivity index (χ2n) is 4.14. The number of nitrogens with one attached hydrogen (secondary N) is 2. The van der Waals surface area contributed by atoms with Crippen molar-refractivity contribution in [2.24, 2.45) is 0 Å². The van der Waals surface area contributed by atoms with Gasteiger partial charge < -0.3 is 15.0 Å². The molecule has 6 nitrogen and oxygen atoms in total. The van der Waals surface area contributed by atoms with E-state index in [-0.39, 0.29) is 5.56 Å². The SMILES string of the molecule is COc1ccc(Nc2ccc3c(=O)[nH]ccc3n2)nc1. The average molecular weight is 268 g/mol. The molecule has 20 heavy (non-hydrogen) atoms. The molecule has 0 aromatic carbocycles. The smallest absolute Gasteiger partial charge is 0.257 e. The van der Waals surface area contributed by atoms with Gasteiger partial charge in [0.1, 0.15) is 17.4 Å². The summed E-state index contributed by atoms with van der Waals surface area (Å²) < 4.78 is 5.05. The third-order valence-corrected chi connectivity index (χ3v) is 2.85. The first kappa shape index (κ1) is 12.2. The first-order chi connectivity index (χ1) is 9.76. The fourth-order valence-corrected chi connectivity index (χ4v) is 1.84. The third kappa shape index (κ3) is 2.31. The molecule has 0 aliphatic heterocycles. The van der Waals surface area contributed by atoms with Gasteiger partial charge in [0.05, 0.1) is 24.2 Å². The third-order valence-electron chi connectivity index (χ3n) is 2.85. The van der Waals surface area contributed by atoms with E-state index < -0.39 is 0 Å². The average Bonchev–Trinajstić information content (AvgIpc) is 2.48. The number of H-pyrrole nitrogens is 1. The Labute approximate surface area is 114 Å². The van der Waals surface area contributed by atoms with Crippen molar-refractivity contribution in [2.45, 2.75) is 0 Å². The Balaban J connectivity index is 1.92. The number of aromatic nitrogens is 3. The van der Waals surface area contributed by atoms with Crippen LogP contribution in [0.3, 0.4) is 0 Å². The van der Waals surface area contributed by atoms with Crippen LogP contribution < -0.4 is 15.6 Å². The first-order valence-corrected chi connectivity index (χ1v) is 6.02. The van der Waals surface area contributed by atoms with E-state index in [2.05, 4.69) is 20.3 Å². The van der Waals surface area contributed by atoms with Crippen molar-refractivity contribution in [1.82, 2.24) is 15.0 Å². The molecule has 6 heteroatoms. The molecule has 0 fully saturated rings. The summed E-state index contributed by atoms with van der Waals surface area (Å²) >= 11 is 0. The number of aromatic amines is 1. The predicted molar refractivity (Wildman–Crippen MR) is 76.4 cm³/mol. The lowest BCUT2D eigenvalue weighted by molar-refractivity contribution is 0.413. The molecule has 0 atom stereocenters. The molecule has 3 aromatic heterocycles. The van der Waals surface area contributed by atoms with Crippen LogP contribution in [0.25, 0.3) is 10.9 Å². The molecule has 0 saturated heterocycles. The number of pyridine rings is 3. The summed E-state index contributed by atoms with van der Waals surface area (Å²) in [5, 5.41) is 3.63. The molecule has 0 bridgehead atoms. The molecule has 3 aromatic rings. The summed E-state index contributed by atoms with van der Waals surface area (Å²) in [5.74, 6) is 1.97. The number of fused-ring (bicyclic) bond motifs is 1. The highest BCUT2D eigenvalue weighted by molar-refractivity contribution is 5.79. The minimum Gasteiger partial charge on any atom is -0.495 e. The Morgan fingerprint density at radius 2 is 2.00 bits per heavy atom. The van der Waals surface area contributed by atoms with Gasteiger partial charge in [0.2, 0.25) is 0 Å². The number of ether oxygens (including phenoxy) is 1. The van der Waals surface area contributed by atoms with Crippen molar-refractivity contribution in [3.8, 4) is 5.75 Å². The minimum absolute atomic E-state index is 0.149. The first-order valence-electron chi connectivity index (χ1n) is 6.02. The van der Waals surface area contributed by atoms with E-state index in [0.717, 1.165) is 0 Å². The Hall–Kier alpha value is -2.89. The van der Waals surface area contributed by atoms with E-state index in [4.69, 9.17) is 4.74 Å². The number of hydrogen-bond acceptors (Lipinski definition) is 5. The maximum absolute atomic E-state index is 11.6. The predicted octanol–water partition coefficient (Wildman–Crippen LogP) is 2.07. The maximum Gasteiger partial charge on any atom is 0.257 e. The molecule has 0 aliphatic carbocycles. The van der Waals surface area contributed by atoms with Gasteiger partial charge in [-0.25, -0.2) is 9.97 Å². The summed E-state index contributed by atoms with van der Waals surface area (Å²) in [4.78, 5) is 22.8. The van der Waals surface area contributed by atoms with E-state index in [1.54, 1.807) is 49.8 Å². The van der Waals surface area contributed by atoms with Gasteiger partial charge in [-0.3, -0.25) is 4.79 Å². The van der Waals surface area contributed by atoms with Crippen LogP contribution >= 0.6 is 0 Å². The van der Waals surface area contributed by atoms with Gasteiger partial charge in [0, 0.05) is 6.20 Å². The summed E-state index contributed by atoms with van der Waals surface area (Å²) in [6.45, 7) is 0. The second kappa shape index (κ2) is 5.00. The molecule has 0 amide bonds. The maximum atomic E-state index is 11.6. The van der Waals surface area contributed by atoms with Crippen LogP contribution in [0.1, 0.15) is 0 Å². The van der Waals surface area contributed by atoms with Crippen molar-refractivity contribution in [1.29, 1.82) is 0 Å². The van der Waals surface area contributed by atoms with Gasteiger partial charge in [-0.2, -0.15) is 0 Å². The van der Waals surface area contributed by atoms with Crippen LogP contribution in [0.4, 0.5) is 11.6 Å². The Kier molecular flexibility index (Phi) is 3.04. The van der Waals surface area contributed by atoms with Gasteiger partial charge >= 0.3 is 0 Å². The van der Waals surface area contributed by atoms with Gasteiger partial charge in [0.15, 0.2) is 0 Å². The zero-order valence-electron chi connectivity index (χ0n) is 10.8. The number of rotatable bonds is 3. The van der Waals surface area contributed by atoms with Crippen molar-refractivity contribution in [3.63, 3.8) is 0 Å². The lowest BCUT2D eigenvalue weighted by Crippen LogP contribution is -2.06. The fourth-order valence-electron chi connectivity index (χ4n) is 1.84. The van der Waals surface area contributed by atoms with Crippen LogP contribution in [0.2, 0.25) is 0 Å². The van der Waals surface area contributed by atoms with Gasteiger partial charge in [0.25, 0.3) is 5.56 Å². The highest BCUT2D eigenvalue weighted by atomic mass is 16.5. The summed E-state index contributed by atoms with van der Waals surface area (Å²) in [6.07, 6.45) is 3.20. The Morgan fingerprint density at radius 3 is 2.75 bits per heavy atom. The highest BCUT2D eigenvalue weighted by Gasteiger charge is 2.02. The lowest BCUT2D eigenvalue weighted by Gasteiger charge is -2.06. The summed E-state index contributed by atoms with van der Waals surface area (Å²) in [7, 11) is 1.59. The largest absolute Gasteiger partial charge is 0.495 e. The fraction of sp³-hybridized carbons (Fsp3) is 0.0714. The van der Waals surface area contributed by atoms with Crippen molar-refractivity contribution in [3.05, 3.63) is 53.1 Å². The second-order valence-corrected chi connectivity index (χ2v) is 4.14. The quantitative estimate of drug-likeness (QED) is 0.760. The molecule has 0 spiro atoms. The van der Waals surface area contributed by atoms with Crippen molar-refractivity contribution in [2.75, 3.05) is 12.4 Å². The van der Waals surface area contributed by atoms with E-state index in [1.807, 2.05) is 0 Å². The van der Waals surface area contributed by atoms with E-state index in [1.165, 1.54) is 0 Å². The normalized spacial score (nSPS) is 10.4. The zero-order valence-corrected chi connectivity index (χ0v) is 10.8. The van der Waals surface area contributed by atoms with Crippen LogP contribution in [0.5, 0.6) is 5.75 Å². The number of hydrogen-bond donors (Lipinski definition) is 2. The molecule has 0 saturated carbocycles. The molecule has 3 heterocycles. The number of methoxy groups -OCH3 is 1. The van der Waals surface area contributed by atoms with Gasteiger partial charge in [-0.05, 0) is 30.3 Å². The van der Waals surface area contributed by atoms with Crippen LogP contribution in [0.15, 0.2) is 47.5 Å². The highest BCUT2D eigenvalue weighted by Crippen LogP contribution is 2.17. The van der Waals surface area contributed by atoms with E-state index >= 15 is 0 Å². The van der Waals surface area contributed by atoms with Gasteiger partial charge in [-0.1, -0.05) is 0 Å². The lowest BCUT2D eigenvalue weighted by atomic mass is 10.2. The number of nitrogens with zero attached hydrogens (tertiary/aromatic N) is 2. The van der Waals surface area contributed by atoms with E-state index in [0.29, 0.717) is 28.3 Å². The molecule has 3 rings (SSSR count). The monoisotopic (exact) mass is 268 g/mol. The van der Waals surface area contributed by atoms with Crippen LogP contribution in [0, 0.1) is 0 Å². The van der Waals surface area contributed by atoms with Crippen molar-refractivity contribution >= 4 is 22.5 Å². The molecule has 100 valence electrons. The zero-order chi connectivity index (χ0) is 13.9. The van der Waals surface area contributed by atoms with Crippen LogP contribution in [-0.2, 0) is 0 Å². The summed E-state index contributed by atoms with van der Waals surface area (Å²) in [5.41, 5.74) is 0.483. The molecular weight excluding hydrogens is 256 g/mol. The van der Waals surface area contributed by atoms with Crippen molar-refractivity contribution < 1.29 is 4.74 Å². The Bertz CT molecular complexity index is 796. The topological polar surface area (TPSA) is 79.9 Å². The summed E-state index contributed by atoms with van der Waals surface area (Å²) in [6, 6.07) is 8.82. The minimum atomic E-state index is -0.149. The molecule has 0 unspecified atom stereocenters. The molecular formula is C14H12N4O2. The van der Waals surface area contributed by atoms with E-state index in [9.17, 15) is 4.79 Å². The number of anilines is 2. The molecule has 2 N–H and O–H groups in total.